The van der Waals surface area contributed by atoms with Gasteiger partial charge in [0.05, 0.1) is 18.3 Å². The third-order valence-electron chi connectivity index (χ3n) is 4.02. The van der Waals surface area contributed by atoms with Crippen LogP contribution in [0.15, 0.2) is 0 Å². The van der Waals surface area contributed by atoms with Crippen LogP contribution in [0, 0.1) is 11.3 Å². The van der Waals surface area contributed by atoms with Gasteiger partial charge >= 0.3 is 6.03 Å². The highest BCUT2D eigenvalue weighted by atomic mass is 32.1. The molecule has 1 fully saturated rings. The van der Waals surface area contributed by atoms with Crippen molar-refractivity contribution in [3.8, 4) is 6.07 Å². The van der Waals surface area contributed by atoms with E-state index in [0.29, 0.717) is 17.7 Å². The topological polar surface area (TPSA) is 81.1 Å². The van der Waals surface area contributed by atoms with Crippen LogP contribution in [0.2, 0.25) is 0 Å². The van der Waals surface area contributed by atoms with Crippen LogP contribution >= 0.6 is 11.3 Å². The van der Waals surface area contributed by atoms with Crippen LogP contribution in [0.1, 0.15) is 36.3 Å². The molecule has 0 bridgehead atoms. The molecule has 0 saturated heterocycles. The molecule has 21 heavy (non-hydrogen) atoms. The van der Waals surface area contributed by atoms with Gasteiger partial charge in [-0.05, 0) is 12.8 Å². The summed E-state index contributed by atoms with van der Waals surface area (Å²) in [7, 11) is 0. The van der Waals surface area contributed by atoms with Crippen LogP contribution in [-0.2, 0) is 13.0 Å². The van der Waals surface area contributed by atoms with Gasteiger partial charge in [0, 0.05) is 30.4 Å². The predicted molar refractivity (Wildman–Crippen MR) is 81.1 cm³/mol. The number of carbonyl (C=O) groups excluding carboxylic acids is 1. The molecule has 0 radical (unpaired) electrons. The zero-order chi connectivity index (χ0) is 14.7. The molecule has 1 aromatic heterocycles. The minimum Gasteiger partial charge on any atom is -0.335 e. The molecule has 1 aliphatic heterocycles. The first-order valence-corrected chi connectivity index (χ1v) is 8.21. The van der Waals surface area contributed by atoms with E-state index < -0.39 is 0 Å². The minimum atomic E-state index is -0.151. The lowest BCUT2D eigenvalue weighted by molar-refractivity contribution is 0.248. The highest BCUT2D eigenvalue weighted by Gasteiger charge is 2.22. The molecule has 1 saturated carbocycles. The molecular weight excluding hydrogens is 286 g/mol. The van der Waals surface area contributed by atoms with Crippen LogP contribution in [0.25, 0.3) is 0 Å². The second-order valence-corrected chi connectivity index (χ2v) is 6.67. The van der Waals surface area contributed by atoms with Gasteiger partial charge in [0.1, 0.15) is 0 Å². The molecule has 6 nitrogen and oxygen atoms in total. The molecule has 2 aliphatic rings. The number of carbonyl (C=O) groups is 1. The van der Waals surface area contributed by atoms with Gasteiger partial charge in [0.25, 0.3) is 0 Å². The first-order valence-electron chi connectivity index (χ1n) is 7.40. The Hall–Kier alpha value is -1.65. The summed E-state index contributed by atoms with van der Waals surface area (Å²) in [4.78, 5) is 19.7. The number of nitrogens with zero attached hydrogens (tertiary/aromatic N) is 3. The monoisotopic (exact) mass is 305 g/mol. The summed E-state index contributed by atoms with van der Waals surface area (Å²) < 4.78 is 0. The maximum absolute atomic E-state index is 11.9. The average molecular weight is 305 g/mol. The van der Waals surface area contributed by atoms with E-state index in [-0.39, 0.29) is 6.03 Å². The number of anilines is 1. The Balaban J connectivity index is 1.57. The molecule has 2 N–H and O–H groups in total. The van der Waals surface area contributed by atoms with Gasteiger partial charge < -0.3 is 5.32 Å². The van der Waals surface area contributed by atoms with E-state index in [0.717, 1.165) is 42.9 Å². The first kappa shape index (κ1) is 14.3. The summed E-state index contributed by atoms with van der Waals surface area (Å²) in [5.41, 5.74) is 1.06. The van der Waals surface area contributed by atoms with Crippen molar-refractivity contribution in [1.29, 1.82) is 5.26 Å². The Labute approximate surface area is 128 Å². The number of fused-ring (bicyclic) bond motifs is 1. The van der Waals surface area contributed by atoms with E-state index in [4.69, 9.17) is 5.26 Å². The zero-order valence-corrected chi connectivity index (χ0v) is 12.7. The number of nitrogens with one attached hydrogen (secondary N) is 2. The smallest absolute Gasteiger partial charge is 0.321 e. The molecule has 0 unspecified atom stereocenters. The summed E-state index contributed by atoms with van der Waals surface area (Å²) in [6.45, 7) is 2.06. The molecule has 0 atom stereocenters. The van der Waals surface area contributed by atoms with Crippen LogP contribution in [0.5, 0.6) is 0 Å². The minimum absolute atomic E-state index is 0.151. The molecule has 3 rings (SSSR count). The second kappa shape index (κ2) is 6.41. The summed E-state index contributed by atoms with van der Waals surface area (Å²) >= 11 is 1.52. The highest BCUT2D eigenvalue weighted by Crippen LogP contribution is 2.28. The Bertz CT molecular complexity index is 558. The van der Waals surface area contributed by atoms with Crippen molar-refractivity contribution in [2.24, 2.45) is 0 Å². The van der Waals surface area contributed by atoms with E-state index in [2.05, 4.69) is 26.6 Å². The number of hydrogen-bond acceptors (Lipinski definition) is 5. The summed E-state index contributed by atoms with van der Waals surface area (Å²) in [5, 5.41) is 15.3. The molecule has 2 amide bonds. The maximum Gasteiger partial charge on any atom is 0.321 e. The second-order valence-electron chi connectivity index (χ2n) is 5.59. The molecule has 112 valence electrons. The predicted octanol–water partition coefficient (Wildman–Crippen LogP) is 2.09. The van der Waals surface area contributed by atoms with Gasteiger partial charge in [-0.1, -0.05) is 12.8 Å². The quantitative estimate of drug-likeness (QED) is 0.838. The van der Waals surface area contributed by atoms with Gasteiger partial charge in [0.2, 0.25) is 0 Å². The highest BCUT2D eigenvalue weighted by molar-refractivity contribution is 7.15. The van der Waals surface area contributed by atoms with E-state index in [9.17, 15) is 4.79 Å². The van der Waals surface area contributed by atoms with Gasteiger partial charge in [-0.2, -0.15) is 5.26 Å². The van der Waals surface area contributed by atoms with E-state index >= 15 is 0 Å². The third-order valence-corrected chi connectivity index (χ3v) is 5.01. The fourth-order valence-electron chi connectivity index (χ4n) is 2.93. The average Bonchev–Trinajstić information content (AvgIpc) is 3.07. The fourth-order valence-corrected chi connectivity index (χ4v) is 3.97. The molecule has 0 aromatic carbocycles. The van der Waals surface area contributed by atoms with E-state index in [1.807, 2.05) is 0 Å². The van der Waals surface area contributed by atoms with Crippen molar-refractivity contribution in [2.75, 3.05) is 18.4 Å². The standard InChI is InChI=1S/C14H19N5OS/c15-6-8-19-7-5-11-12(9-19)21-14(17-11)18-13(20)16-10-3-1-2-4-10/h10H,1-5,7-9H2,(H2,16,17,18,20). The fraction of sp³-hybridized carbons (Fsp3) is 0.643. The van der Waals surface area contributed by atoms with Gasteiger partial charge in [0.15, 0.2) is 5.13 Å². The summed E-state index contributed by atoms with van der Waals surface area (Å²) in [6, 6.07) is 2.34. The van der Waals surface area contributed by atoms with Crippen molar-refractivity contribution in [2.45, 2.75) is 44.7 Å². The lowest BCUT2D eigenvalue weighted by Gasteiger charge is -2.22. The third kappa shape index (κ3) is 3.52. The Morgan fingerprint density at radius 1 is 1.48 bits per heavy atom. The van der Waals surface area contributed by atoms with Crippen LogP contribution in [0.4, 0.5) is 9.93 Å². The number of rotatable bonds is 3. The Kier molecular flexibility index (Phi) is 4.36. The number of amides is 2. The molecule has 0 spiro atoms. The number of aromatic nitrogens is 1. The van der Waals surface area contributed by atoms with E-state index in [1.54, 1.807) is 0 Å². The number of thiazole rings is 1. The van der Waals surface area contributed by atoms with E-state index in [1.165, 1.54) is 24.2 Å². The van der Waals surface area contributed by atoms with Crippen molar-refractivity contribution in [3.05, 3.63) is 10.6 Å². The summed E-state index contributed by atoms with van der Waals surface area (Å²) in [6.07, 6.45) is 5.39. The summed E-state index contributed by atoms with van der Waals surface area (Å²) in [5.74, 6) is 0. The van der Waals surface area contributed by atoms with Crippen molar-refractivity contribution >= 4 is 22.5 Å². The zero-order valence-electron chi connectivity index (χ0n) is 11.9. The molecule has 7 heteroatoms. The molecule has 1 aromatic rings. The van der Waals surface area contributed by atoms with Gasteiger partial charge in [-0.15, -0.1) is 11.3 Å². The molecule has 2 heterocycles. The largest absolute Gasteiger partial charge is 0.335 e. The van der Waals surface area contributed by atoms with Crippen molar-refractivity contribution in [1.82, 2.24) is 15.2 Å². The normalized spacial score (nSPS) is 19.0. The first-order chi connectivity index (χ1) is 10.2. The van der Waals surface area contributed by atoms with Crippen molar-refractivity contribution in [3.63, 3.8) is 0 Å². The van der Waals surface area contributed by atoms with Crippen LogP contribution in [-0.4, -0.2) is 35.0 Å². The van der Waals surface area contributed by atoms with Crippen LogP contribution < -0.4 is 10.6 Å². The molecular formula is C14H19N5OS. The van der Waals surface area contributed by atoms with Gasteiger partial charge in [-0.3, -0.25) is 10.2 Å². The van der Waals surface area contributed by atoms with Crippen molar-refractivity contribution < 1.29 is 4.79 Å². The Morgan fingerprint density at radius 3 is 3.05 bits per heavy atom. The maximum atomic E-state index is 11.9. The molecule has 1 aliphatic carbocycles. The SMILES string of the molecule is N#CCN1CCc2nc(NC(=O)NC3CCCC3)sc2C1. The van der Waals surface area contributed by atoms with Gasteiger partial charge in [-0.25, -0.2) is 9.78 Å². The lowest BCUT2D eigenvalue weighted by Crippen LogP contribution is -2.36. The Morgan fingerprint density at radius 2 is 2.29 bits per heavy atom. The number of hydrogen-bond donors (Lipinski definition) is 2. The number of urea groups is 1. The number of nitriles is 1. The van der Waals surface area contributed by atoms with Crippen LogP contribution in [0.3, 0.4) is 0 Å². The lowest BCUT2D eigenvalue weighted by atomic mass is 10.2.